The summed E-state index contributed by atoms with van der Waals surface area (Å²) in [5, 5.41) is 14.1. The van der Waals surface area contributed by atoms with E-state index in [0.717, 1.165) is 127 Å². The van der Waals surface area contributed by atoms with E-state index in [1.165, 1.54) is 48.7 Å². The molecule has 0 bridgehead atoms. The molecule has 0 saturated carbocycles. The molecule has 0 aliphatic heterocycles. The Kier molecular flexibility index (Phi) is 12.9. The van der Waals surface area contributed by atoms with Crippen LogP contribution in [0.1, 0.15) is 31.8 Å². The third-order valence-electron chi connectivity index (χ3n) is 22.2. The van der Waals surface area contributed by atoms with Gasteiger partial charge in [0, 0.05) is 121 Å². The van der Waals surface area contributed by atoms with E-state index < -0.39 is 0 Å². The van der Waals surface area contributed by atoms with Crippen LogP contribution < -0.4 is 0 Å². The first-order valence-corrected chi connectivity index (χ1v) is 36.0. The van der Waals surface area contributed by atoms with Crippen molar-refractivity contribution in [3.05, 3.63) is 386 Å². The van der Waals surface area contributed by atoms with Crippen molar-refractivity contribution in [1.82, 2.24) is 27.4 Å². The molecule has 0 spiro atoms. The zero-order valence-electron chi connectivity index (χ0n) is 57.1. The average Bonchev–Trinajstić information content (AvgIpc) is 1.58. The Morgan fingerprint density at radius 2 is 0.349 bits per heavy atom. The normalized spacial score (nSPS) is 12.0. The first-order chi connectivity index (χ1) is 52.4. The number of ketones is 2. The molecule has 22 rings (SSSR count). The van der Waals surface area contributed by atoms with E-state index in [1.807, 2.05) is 48.5 Å². The molecule has 0 aliphatic rings. The highest BCUT2D eigenvalue weighted by Crippen LogP contribution is 2.43. The maximum Gasteiger partial charge on any atom is 0.193 e. The topological polar surface area (TPSA) is 63.7 Å². The number of para-hydroxylation sites is 8. The second kappa shape index (κ2) is 23.1. The molecule has 6 aromatic heterocycles. The van der Waals surface area contributed by atoms with Gasteiger partial charge in [0.2, 0.25) is 0 Å². The number of carbonyl (C=O) groups is 2. The average molecular weight is 1350 g/mol. The van der Waals surface area contributed by atoms with Crippen molar-refractivity contribution in [3.63, 3.8) is 0 Å². The summed E-state index contributed by atoms with van der Waals surface area (Å²) in [7, 11) is 0. The lowest BCUT2D eigenvalue weighted by atomic mass is 10.0. The molecule has 0 unspecified atom stereocenters. The third-order valence-corrected chi connectivity index (χ3v) is 22.2. The van der Waals surface area contributed by atoms with Crippen LogP contribution in [0.25, 0.3) is 176 Å². The van der Waals surface area contributed by atoms with Crippen molar-refractivity contribution in [2.45, 2.75) is 0 Å². The molecular weight excluding hydrogens is 1290 g/mol. The predicted molar refractivity (Wildman–Crippen MR) is 438 cm³/mol. The molecule has 6 heterocycles. The van der Waals surface area contributed by atoms with Crippen molar-refractivity contribution < 1.29 is 9.59 Å². The number of hydrogen-bond donors (Lipinski definition) is 0. The van der Waals surface area contributed by atoms with Crippen molar-refractivity contribution in [1.29, 1.82) is 0 Å². The minimum absolute atomic E-state index is 0.0199. The lowest BCUT2D eigenvalue weighted by Crippen LogP contribution is -2.03. The first kappa shape index (κ1) is 59.4. The molecule has 0 radical (unpaired) electrons. The zero-order chi connectivity index (χ0) is 69.8. The molecule has 8 nitrogen and oxygen atoms in total. The number of hydrogen-bond acceptors (Lipinski definition) is 2. The summed E-state index contributed by atoms with van der Waals surface area (Å²) in [5.41, 5.74) is 24.3. The van der Waals surface area contributed by atoms with Gasteiger partial charge in [0.25, 0.3) is 0 Å². The molecule has 0 fully saturated rings. The summed E-state index contributed by atoms with van der Waals surface area (Å²) in [6.45, 7) is 0. The van der Waals surface area contributed by atoms with Gasteiger partial charge in [0.15, 0.2) is 11.6 Å². The van der Waals surface area contributed by atoms with Gasteiger partial charge >= 0.3 is 0 Å². The quantitative estimate of drug-likeness (QED) is 0.121. The van der Waals surface area contributed by atoms with E-state index in [0.29, 0.717) is 22.3 Å². The second-order valence-corrected chi connectivity index (χ2v) is 27.9. The monoisotopic (exact) mass is 1350 g/mol. The van der Waals surface area contributed by atoms with E-state index in [4.69, 9.17) is 0 Å². The van der Waals surface area contributed by atoms with Gasteiger partial charge in [-0.3, -0.25) is 9.59 Å². The predicted octanol–water partition coefficient (Wildman–Crippen LogP) is 24.4. The highest BCUT2D eigenvalue weighted by atomic mass is 16.1. The van der Waals surface area contributed by atoms with Crippen LogP contribution in [-0.4, -0.2) is 39.0 Å². The van der Waals surface area contributed by atoms with Gasteiger partial charge in [0.05, 0.1) is 66.2 Å². The fourth-order valence-electron chi connectivity index (χ4n) is 17.4. The molecule has 106 heavy (non-hydrogen) atoms. The highest BCUT2D eigenvalue weighted by Gasteiger charge is 2.23. The number of rotatable bonds is 11. The standard InChI is InChI=1S/C98H60N6O2/c105-97(61-33-43-67(44-34-61)99-85-25-9-1-17-73(85)74-18-2-10-26-86(74)99)62-35-45-68(46-36-62)100-90-30-14-6-22-78(90)82-57-65(42-54-93(82)100)66-41-53-81-77-21-5-13-29-89(77)104(96(81)58-66)72-52-56-95-84(60-72)80-24-8-16-32-92(80)102(95)70-49-39-64(40-50-70)98(106)63-37-47-69(48-38-63)101-91-31-15-7-23-79(91)83-59-71(51-55-94(83)101)103-87-27-11-3-19-75(87)76-20-4-12-28-88(76)103/h1-60H. The van der Waals surface area contributed by atoms with Gasteiger partial charge in [-0.2, -0.15) is 0 Å². The number of carbonyl (C=O) groups excluding carboxylic acids is 2. The van der Waals surface area contributed by atoms with Gasteiger partial charge in [-0.15, -0.1) is 0 Å². The summed E-state index contributed by atoms with van der Waals surface area (Å²) in [6, 6.07) is 128. The Bertz CT molecular complexity index is 7350. The molecule has 8 heteroatoms. The zero-order valence-corrected chi connectivity index (χ0v) is 57.1. The number of fused-ring (bicyclic) bond motifs is 18. The van der Waals surface area contributed by atoms with Crippen LogP contribution in [0.4, 0.5) is 0 Å². The SMILES string of the molecule is O=C(c1ccc(-n2c3ccccc3c3ccccc32)cc1)c1ccc(-n2c3ccccc3c3cc(-c4ccc5c6ccccc6n(-c6ccc7c(c6)c6ccccc6n7-c6ccc(C(=O)c7ccc(-n8c9ccccc9c9cc(-n%10c%11ccccc%11c%11ccccc%11%10)ccc98)cc7)cc6)c5c4)ccc32)cc1. The van der Waals surface area contributed by atoms with E-state index in [9.17, 15) is 9.59 Å². The fourth-order valence-corrected chi connectivity index (χ4v) is 17.4. The van der Waals surface area contributed by atoms with Crippen LogP contribution in [0.15, 0.2) is 364 Å². The van der Waals surface area contributed by atoms with Crippen molar-refractivity contribution in [2.24, 2.45) is 0 Å². The third kappa shape index (κ3) is 8.88. The van der Waals surface area contributed by atoms with Crippen molar-refractivity contribution in [2.75, 3.05) is 0 Å². The summed E-state index contributed by atoms with van der Waals surface area (Å²) >= 11 is 0. The lowest BCUT2D eigenvalue weighted by Gasteiger charge is -2.12. The van der Waals surface area contributed by atoms with Crippen LogP contribution in [0.2, 0.25) is 0 Å². The van der Waals surface area contributed by atoms with Crippen LogP contribution in [0.3, 0.4) is 0 Å². The van der Waals surface area contributed by atoms with Crippen LogP contribution >= 0.6 is 0 Å². The number of nitrogens with zero attached hydrogens (tertiary/aromatic N) is 6. The summed E-state index contributed by atoms with van der Waals surface area (Å²) < 4.78 is 14.0. The van der Waals surface area contributed by atoms with E-state index in [1.54, 1.807) is 0 Å². The number of aromatic nitrogens is 6. The maximum absolute atomic E-state index is 14.5. The van der Waals surface area contributed by atoms with Crippen LogP contribution in [0, 0.1) is 0 Å². The van der Waals surface area contributed by atoms with Crippen molar-refractivity contribution >= 4 is 142 Å². The highest BCUT2D eigenvalue weighted by molar-refractivity contribution is 6.17. The molecule has 0 N–H and O–H groups in total. The molecular formula is C98H60N6O2. The second-order valence-electron chi connectivity index (χ2n) is 27.9. The smallest absolute Gasteiger partial charge is 0.193 e. The summed E-state index contributed by atoms with van der Waals surface area (Å²) in [5.74, 6) is -0.0526. The Balaban J connectivity index is 0.558. The minimum atomic E-state index is -0.0327. The molecule has 494 valence electrons. The first-order valence-electron chi connectivity index (χ1n) is 36.0. The molecule has 0 saturated heterocycles. The van der Waals surface area contributed by atoms with Crippen molar-refractivity contribution in [3.8, 4) is 45.3 Å². The summed E-state index contributed by atoms with van der Waals surface area (Å²) in [6.07, 6.45) is 0. The Hall–Kier alpha value is -14.3. The van der Waals surface area contributed by atoms with E-state index >= 15 is 0 Å². The van der Waals surface area contributed by atoms with E-state index in [2.05, 4.69) is 343 Å². The maximum atomic E-state index is 14.5. The molecule has 22 aromatic rings. The molecule has 0 amide bonds. The Labute approximate surface area is 607 Å². The minimum Gasteiger partial charge on any atom is -0.309 e. The van der Waals surface area contributed by atoms with Gasteiger partial charge in [-0.05, 0) is 211 Å². The van der Waals surface area contributed by atoms with Crippen LogP contribution in [-0.2, 0) is 0 Å². The van der Waals surface area contributed by atoms with Gasteiger partial charge in [0.1, 0.15) is 0 Å². The summed E-state index contributed by atoms with van der Waals surface area (Å²) in [4.78, 5) is 28.7. The Morgan fingerprint density at radius 1 is 0.151 bits per heavy atom. The van der Waals surface area contributed by atoms with Gasteiger partial charge in [-0.25, -0.2) is 0 Å². The van der Waals surface area contributed by atoms with Crippen LogP contribution in [0.5, 0.6) is 0 Å². The fraction of sp³-hybridized carbons (Fsp3) is 0. The van der Waals surface area contributed by atoms with Gasteiger partial charge in [-0.1, -0.05) is 164 Å². The Morgan fingerprint density at radius 3 is 0.651 bits per heavy atom. The molecule has 16 aromatic carbocycles. The molecule has 0 atom stereocenters. The largest absolute Gasteiger partial charge is 0.309 e. The molecule has 0 aliphatic carbocycles. The lowest BCUT2D eigenvalue weighted by molar-refractivity contribution is 0.103. The van der Waals surface area contributed by atoms with Gasteiger partial charge < -0.3 is 27.4 Å². The van der Waals surface area contributed by atoms with E-state index in [-0.39, 0.29) is 11.6 Å². The number of benzene rings is 16.